The maximum absolute atomic E-state index is 11.9. The molecule has 0 N–H and O–H groups in total. The molecule has 0 atom stereocenters. The van der Waals surface area contributed by atoms with Crippen LogP contribution < -0.4 is 0 Å². The minimum absolute atomic E-state index is 0.0365. The van der Waals surface area contributed by atoms with Crippen LogP contribution in [0.4, 0.5) is 0 Å². The van der Waals surface area contributed by atoms with Gasteiger partial charge < -0.3 is 0 Å². The Morgan fingerprint density at radius 1 is 1.25 bits per heavy atom. The summed E-state index contributed by atoms with van der Waals surface area (Å²) in [5.74, 6) is -0.0365. The zero-order chi connectivity index (χ0) is 12.6. The van der Waals surface area contributed by atoms with E-state index >= 15 is 0 Å². The molecule has 1 amide bonds. The highest BCUT2D eigenvalue weighted by Gasteiger charge is 2.18. The van der Waals surface area contributed by atoms with Gasteiger partial charge in [0, 0.05) is 25.2 Å². The van der Waals surface area contributed by atoms with E-state index < -0.39 is 0 Å². The number of hydrogen-bond donors (Lipinski definition) is 0. The van der Waals surface area contributed by atoms with Crippen molar-refractivity contribution in [2.24, 2.45) is 0 Å². The molecule has 0 aliphatic rings. The molecule has 0 aliphatic heterocycles. The van der Waals surface area contributed by atoms with Gasteiger partial charge in [0.1, 0.15) is 0 Å². The SMILES string of the molecule is C=CCN(CC=C)N(CCC)C(=O)C(=C)C. The summed E-state index contributed by atoms with van der Waals surface area (Å²) in [5.41, 5.74) is 0.548. The summed E-state index contributed by atoms with van der Waals surface area (Å²) < 4.78 is 0. The van der Waals surface area contributed by atoms with Crippen LogP contribution in [0.15, 0.2) is 37.5 Å². The summed E-state index contributed by atoms with van der Waals surface area (Å²) in [6, 6.07) is 0. The Morgan fingerprint density at radius 2 is 1.75 bits per heavy atom. The predicted octanol–water partition coefficient (Wildman–Crippen LogP) is 2.39. The fourth-order valence-corrected chi connectivity index (χ4v) is 1.37. The molecule has 0 heterocycles. The molecular formula is C13H22N2O. The lowest BCUT2D eigenvalue weighted by Gasteiger charge is -2.33. The third-order valence-electron chi connectivity index (χ3n) is 2.06. The number of carbonyl (C=O) groups excluding carboxylic acids is 1. The van der Waals surface area contributed by atoms with Gasteiger partial charge in [-0.3, -0.25) is 9.80 Å². The number of rotatable bonds is 8. The first-order valence-electron chi connectivity index (χ1n) is 5.52. The molecule has 0 unspecified atom stereocenters. The number of nitrogens with zero attached hydrogens (tertiary/aromatic N) is 2. The molecule has 0 bridgehead atoms. The maximum atomic E-state index is 11.9. The van der Waals surface area contributed by atoms with Crippen molar-refractivity contribution < 1.29 is 4.79 Å². The van der Waals surface area contributed by atoms with Gasteiger partial charge in [0.2, 0.25) is 0 Å². The molecule has 0 fully saturated rings. The fraction of sp³-hybridized carbons (Fsp3) is 0.462. The van der Waals surface area contributed by atoms with E-state index in [0.29, 0.717) is 25.2 Å². The van der Waals surface area contributed by atoms with E-state index in [2.05, 4.69) is 19.7 Å². The van der Waals surface area contributed by atoms with E-state index in [1.807, 2.05) is 11.9 Å². The molecule has 0 saturated heterocycles. The Hall–Kier alpha value is -1.35. The predicted molar refractivity (Wildman–Crippen MR) is 68.8 cm³/mol. The van der Waals surface area contributed by atoms with E-state index in [0.717, 1.165) is 6.42 Å². The number of hydrogen-bond acceptors (Lipinski definition) is 2. The van der Waals surface area contributed by atoms with Crippen LogP contribution in [-0.4, -0.2) is 35.6 Å². The quantitative estimate of drug-likeness (QED) is 0.358. The van der Waals surface area contributed by atoms with Gasteiger partial charge in [-0.05, 0) is 13.3 Å². The molecule has 0 aliphatic carbocycles. The monoisotopic (exact) mass is 222 g/mol. The second-order valence-corrected chi connectivity index (χ2v) is 3.66. The third kappa shape index (κ3) is 4.45. The smallest absolute Gasteiger partial charge is 0.263 e. The van der Waals surface area contributed by atoms with Crippen LogP contribution in [0.3, 0.4) is 0 Å². The van der Waals surface area contributed by atoms with Crippen molar-refractivity contribution in [2.45, 2.75) is 20.3 Å². The standard InChI is InChI=1S/C13H22N2O/c1-6-9-14(10-7-2)15(11-8-3)13(16)12(4)5/h6-7H,1-2,4,8-11H2,3,5H3. The number of hydrazine groups is 1. The molecule has 0 saturated carbocycles. The van der Waals surface area contributed by atoms with Crippen LogP contribution in [0.1, 0.15) is 20.3 Å². The van der Waals surface area contributed by atoms with Crippen LogP contribution in [-0.2, 0) is 4.79 Å². The Balaban J connectivity index is 4.80. The average Bonchev–Trinajstić information content (AvgIpc) is 2.24. The van der Waals surface area contributed by atoms with Crippen LogP contribution in [0, 0.1) is 0 Å². The van der Waals surface area contributed by atoms with Crippen molar-refractivity contribution in [3.63, 3.8) is 0 Å². The molecule has 16 heavy (non-hydrogen) atoms. The summed E-state index contributed by atoms with van der Waals surface area (Å²) in [7, 11) is 0. The van der Waals surface area contributed by atoms with Crippen molar-refractivity contribution in [3.8, 4) is 0 Å². The molecule has 0 rings (SSSR count). The number of carbonyl (C=O) groups is 1. The van der Waals surface area contributed by atoms with Gasteiger partial charge in [-0.25, -0.2) is 5.01 Å². The summed E-state index contributed by atoms with van der Waals surface area (Å²) in [6.45, 7) is 16.8. The normalized spacial score (nSPS) is 9.94. The van der Waals surface area contributed by atoms with E-state index in [4.69, 9.17) is 0 Å². The Labute approximate surface area is 98.7 Å². The van der Waals surface area contributed by atoms with Crippen LogP contribution >= 0.6 is 0 Å². The first kappa shape index (κ1) is 14.6. The van der Waals surface area contributed by atoms with Crippen LogP contribution in [0.5, 0.6) is 0 Å². The van der Waals surface area contributed by atoms with Gasteiger partial charge in [0.25, 0.3) is 5.91 Å². The lowest BCUT2D eigenvalue weighted by molar-refractivity contribution is -0.142. The van der Waals surface area contributed by atoms with E-state index in [-0.39, 0.29) is 5.91 Å². The summed E-state index contributed by atoms with van der Waals surface area (Å²) in [5, 5.41) is 3.63. The highest BCUT2D eigenvalue weighted by Crippen LogP contribution is 2.06. The molecule has 90 valence electrons. The summed E-state index contributed by atoms with van der Waals surface area (Å²) >= 11 is 0. The van der Waals surface area contributed by atoms with Crippen LogP contribution in [0.2, 0.25) is 0 Å². The van der Waals surface area contributed by atoms with Crippen molar-refractivity contribution in [1.29, 1.82) is 0 Å². The lowest BCUT2D eigenvalue weighted by Crippen LogP contribution is -2.47. The molecular weight excluding hydrogens is 200 g/mol. The van der Waals surface area contributed by atoms with E-state index in [1.54, 1.807) is 24.1 Å². The lowest BCUT2D eigenvalue weighted by atomic mass is 10.3. The molecule has 0 radical (unpaired) electrons. The zero-order valence-electron chi connectivity index (χ0n) is 10.4. The Bertz CT molecular complexity index is 261. The highest BCUT2D eigenvalue weighted by atomic mass is 16.2. The van der Waals surface area contributed by atoms with Gasteiger partial charge in [0.15, 0.2) is 0 Å². The molecule has 3 nitrogen and oxygen atoms in total. The second-order valence-electron chi connectivity index (χ2n) is 3.66. The van der Waals surface area contributed by atoms with Crippen molar-refractivity contribution >= 4 is 5.91 Å². The van der Waals surface area contributed by atoms with E-state index in [9.17, 15) is 4.79 Å². The maximum Gasteiger partial charge on any atom is 0.263 e. The first-order valence-corrected chi connectivity index (χ1v) is 5.52. The minimum atomic E-state index is -0.0365. The average molecular weight is 222 g/mol. The van der Waals surface area contributed by atoms with Crippen LogP contribution in [0.25, 0.3) is 0 Å². The molecule has 0 aromatic rings. The third-order valence-corrected chi connectivity index (χ3v) is 2.06. The Kier molecular flexibility index (Phi) is 7.21. The molecule has 0 aromatic carbocycles. The van der Waals surface area contributed by atoms with E-state index in [1.165, 1.54) is 0 Å². The Morgan fingerprint density at radius 3 is 2.06 bits per heavy atom. The van der Waals surface area contributed by atoms with Gasteiger partial charge in [-0.1, -0.05) is 25.7 Å². The largest absolute Gasteiger partial charge is 0.271 e. The van der Waals surface area contributed by atoms with Gasteiger partial charge >= 0.3 is 0 Å². The fourth-order valence-electron chi connectivity index (χ4n) is 1.37. The van der Waals surface area contributed by atoms with Gasteiger partial charge in [-0.15, -0.1) is 13.2 Å². The molecule has 3 heteroatoms. The van der Waals surface area contributed by atoms with Crippen molar-refractivity contribution in [1.82, 2.24) is 10.0 Å². The number of amides is 1. The van der Waals surface area contributed by atoms with Gasteiger partial charge in [0.05, 0.1) is 0 Å². The summed E-state index contributed by atoms with van der Waals surface area (Å²) in [6.07, 6.45) is 4.46. The molecule has 0 spiro atoms. The van der Waals surface area contributed by atoms with Crippen molar-refractivity contribution in [2.75, 3.05) is 19.6 Å². The van der Waals surface area contributed by atoms with Gasteiger partial charge in [-0.2, -0.15) is 0 Å². The minimum Gasteiger partial charge on any atom is -0.271 e. The first-order chi connectivity index (χ1) is 7.58. The molecule has 0 aromatic heterocycles. The second kappa shape index (κ2) is 7.88. The summed E-state index contributed by atoms with van der Waals surface area (Å²) in [4.78, 5) is 11.9. The zero-order valence-corrected chi connectivity index (χ0v) is 10.4. The van der Waals surface area contributed by atoms with Crippen molar-refractivity contribution in [3.05, 3.63) is 37.5 Å². The highest BCUT2D eigenvalue weighted by molar-refractivity contribution is 5.91. The topological polar surface area (TPSA) is 23.6 Å².